The number of hydrogen-bond acceptors (Lipinski definition) is 3. The summed E-state index contributed by atoms with van der Waals surface area (Å²) < 4.78 is 13.0. The third-order valence-electron chi connectivity index (χ3n) is 1.66. The van der Waals surface area contributed by atoms with E-state index in [1.165, 1.54) is 6.07 Å². The molecule has 0 saturated heterocycles. The van der Waals surface area contributed by atoms with Gasteiger partial charge in [0.25, 0.3) is 0 Å². The second-order valence-corrected chi connectivity index (χ2v) is 3.13. The Balaban J connectivity index is 2.85. The van der Waals surface area contributed by atoms with Crippen LogP contribution in [-0.4, -0.2) is 22.1 Å². The van der Waals surface area contributed by atoms with Crippen LogP contribution in [0, 0.1) is 5.82 Å². The van der Waals surface area contributed by atoms with Gasteiger partial charge in [0, 0.05) is 6.42 Å². The van der Waals surface area contributed by atoms with Gasteiger partial charge in [-0.2, -0.15) is 0 Å². The zero-order chi connectivity index (χ0) is 10.7. The first-order valence-electron chi connectivity index (χ1n) is 3.79. The summed E-state index contributed by atoms with van der Waals surface area (Å²) in [5.74, 6) is -1.79. The van der Waals surface area contributed by atoms with Crippen molar-refractivity contribution >= 4 is 17.6 Å². The summed E-state index contributed by atoms with van der Waals surface area (Å²) in [5.41, 5.74) is 5.39. The molecule has 76 valence electrons. The fourth-order valence-electron chi connectivity index (χ4n) is 0.932. The molecule has 4 nitrogen and oxygen atoms in total. The quantitative estimate of drug-likeness (QED) is 0.737. The maximum Gasteiger partial charge on any atom is 0.320 e. The first-order chi connectivity index (χ1) is 6.50. The van der Waals surface area contributed by atoms with Crippen LogP contribution in [0.2, 0.25) is 5.15 Å². The van der Waals surface area contributed by atoms with Crippen LogP contribution in [0.4, 0.5) is 4.39 Å². The molecular formula is C8H8ClFN2O2. The minimum absolute atomic E-state index is 0.108. The molecule has 1 heterocycles. The summed E-state index contributed by atoms with van der Waals surface area (Å²) in [4.78, 5) is 13.9. The molecule has 1 aromatic heterocycles. The van der Waals surface area contributed by atoms with E-state index in [0.29, 0.717) is 0 Å². The Labute approximate surface area is 84.5 Å². The lowest BCUT2D eigenvalue weighted by Gasteiger charge is -2.06. The number of nitrogens with zero attached hydrogens (tertiary/aromatic N) is 1. The molecule has 0 aromatic carbocycles. The number of nitrogens with two attached hydrogens (primary N) is 1. The van der Waals surface area contributed by atoms with Crippen molar-refractivity contribution in [2.75, 3.05) is 0 Å². The number of rotatable bonds is 3. The Morgan fingerprint density at radius 2 is 2.43 bits per heavy atom. The number of halogens is 2. The van der Waals surface area contributed by atoms with Crippen molar-refractivity contribution in [3.05, 3.63) is 28.8 Å². The van der Waals surface area contributed by atoms with Crippen molar-refractivity contribution in [2.24, 2.45) is 5.73 Å². The van der Waals surface area contributed by atoms with E-state index in [1.54, 1.807) is 0 Å². The highest BCUT2D eigenvalue weighted by molar-refractivity contribution is 6.29. The van der Waals surface area contributed by atoms with Crippen molar-refractivity contribution in [1.29, 1.82) is 0 Å². The van der Waals surface area contributed by atoms with Crippen LogP contribution in [0.3, 0.4) is 0 Å². The van der Waals surface area contributed by atoms with E-state index in [4.69, 9.17) is 22.4 Å². The molecule has 0 radical (unpaired) electrons. The standard InChI is InChI=1S/C8H8ClFN2O2/c9-7-2-4(5(10)3-12-7)1-6(11)8(13)14/h2-3,6H,1,11H2,(H,13,14)/t6-/m0/s1. The molecule has 0 spiro atoms. The number of carbonyl (C=O) groups is 1. The smallest absolute Gasteiger partial charge is 0.320 e. The number of aromatic nitrogens is 1. The van der Waals surface area contributed by atoms with Crippen molar-refractivity contribution in [3.8, 4) is 0 Å². The first kappa shape index (κ1) is 10.9. The van der Waals surface area contributed by atoms with Crippen molar-refractivity contribution in [2.45, 2.75) is 12.5 Å². The average molecular weight is 219 g/mol. The fourth-order valence-corrected chi connectivity index (χ4v) is 1.11. The van der Waals surface area contributed by atoms with Crippen LogP contribution in [-0.2, 0) is 11.2 Å². The molecule has 0 aliphatic heterocycles. The lowest BCUT2D eigenvalue weighted by molar-refractivity contribution is -0.138. The van der Waals surface area contributed by atoms with Crippen LogP contribution in [0.1, 0.15) is 5.56 Å². The third kappa shape index (κ3) is 2.65. The number of hydrogen-bond donors (Lipinski definition) is 2. The normalized spacial score (nSPS) is 12.5. The number of aliphatic carboxylic acids is 1. The minimum atomic E-state index is -1.18. The van der Waals surface area contributed by atoms with Crippen LogP contribution in [0.25, 0.3) is 0 Å². The average Bonchev–Trinajstić information content (AvgIpc) is 2.11. The molecule has 0 bridgehead atoms. The van der Waals surface area contributed by atoms with E-state index in [-0.39, 0.29) is 17.1 Å². The van der Waals surface area contributed by atoms with Crippen molar-refractivity contribution < 1.29 is 14.3 Å². The lowest BCUT2D eigenvalue weighted by Crippen LogP contribution is -2.32. The van der Waals surface area contributed by atoms with E-state index in [9.17, 15) is 9.18 Å². The van der Waals surface area contributed by atoms with Crippen LogP contribution in [0.5, 0.6) is 0 Å². The summed E-state index contributed by atoms with van der Waals surface area (Å²) in [6, 6.07) is 0.127. The largest absolute Gasteiger partial charge is 0.480 e. The third-order valence-corrected chi connectivity index (χ3v) is 1.87. The molecule has 0 aliphatic carbocycles. The minimum Gasteiger partial charge on any atom is -0.480 e. The zero-order valence-corrected chi connectivity index (χ0v) is 7.83. The summed E-state index contributed by atoms with van der Waals surface area (Å²) in [7, 11) is 0. The Morgan fingerprint density at radius 3 is 3.00 bits per heavy atom. The highest BCUT2D eigenvalue weighted by Gasteiger charge is 2.15. The van der Waals surface area contributed by atoms with Crippen LogP contribution >= 0.6 is 11.6 Å². The summed E-state index contributed by atoms with van der Waals surface area (Å²) in [5, 5.41) is 8.62. The molecule has 0 saturated carbocycles. The topological polar surface area (TPSA) is 76.2 Å². The predicted octanol–water partition coefficient (Wildman–Crippen LogP) is 0.829. The van der Waals surface area contributed by atoms with Crippen molar-refractivity contribution in [1.82, 2.24) is 4.98 Å². The van der Waals surface area contributed by atoms with Crippen LogP contribution in [0.15, 0.2) is 12.3 Å². The van der Waals surface area contributed by atoms with Gasteiger partial charge >= 0.3 is 5.97 Å². The van der Waals surface area contributed by atoms with E-state index in [0.717, 1.165) is 6.20 Å². The van der Waals surface area contributed by atoms with E-state index in [2.05, 4.69) is 4.98 Å². The Hall–Kier alpha value is -1.20. The highest BCUT2D eigenvalue weighted by Crippen LogP contribution is 2.13. The molecule has 0 unspecified atom stereocenters. The fraction of sp³-hybridized carbons (Fsp3) is 0.250. The van der Waals surface area contributed by atoms with Gasteiger partial charge in [-0.3, -0.25) is 4.79 Å². The zero-order valence-electron chi connectivity index (χ0n) is 7.08. The van der Waals surface area contributed by atoms with Gasteiger partial charge < -0.3 is 10.8 Å². The summed E-state index contributed by atoms with van der Waals surface area (Å²) >= 11 is 5.51. The Morgan fingerprint density at radius 1 is 1.79 bits per heavy atom. The van der Waals surface area contributed by atoms with Gasteiger partial charge in [-0.1, -0.05) is 11.6 Å². The number of pyridine rings is 1. The second kappa shape index (κ2) is 4.34. The number of carboxylic acid groups (broad SMARTS) is 1. The molecule has 1 atom stereocenters. The molecular weight excluding hydrogens is 211 g/mol. The molecule has 0 fully saturated rings. The highest BCUT2D eigenvalue weighted by atomic mass is 35.5. The Kier molecular flexibility index (Phi) is 3.38. The van der Waals surface area contributed by atoms with Gasteiger partial charge in [-0.05, 0) is 11.6 Å². The summed E-state index contributed by atoms with van der Waals surface area (Å²) in [6.45, 7) is 0. The molecule has 0 aliphatic rings. The van der Waals surface area contributed by atoms with Gasteiger partial charge in [0.05, 0.1) is 6.20 Å². The lowest BCUT2D eigenvalue weighted by atomic mass is 10.1. The van der Waals surface area contributed by atoms with E-state index >= 15 is 0 Å². The maximum atomic E-state index is 13.0. The van der Waals surface area contributed by atoms with Gasteiger partial charge in [-0.15, -0.1) is 0 Å². The second-order valence-electron chi connectivity index (χ2n) is 2.75. The summed E-state index contributed by atoms with van der Waals surface area (Å²) in [6.07, 6.45) is 0.829. The predicted molar refractivity (Wildman–Crippen MR) is 48.5 cm³/mol. The van der Waals surface area contributed by atoms with Crippen LogP contribution < -0.4 is 5.73 Å². The first-order valence-corrected chi connectivity index (χ1v) is 4.17. The molecule has 3 N–H and O–H groups in total. The number of carboxylic acids is 1. The molecule has 1 aromatic rings. The molecule has 1 rings (SSSR count). The maximum absolute atomic E-state index is 13.0. The monoisotopic (exact) mass is 218 g/mol. The SMILES string of the molecule is N[C@@H](Cc1cc(Cl)ncc1F)C(=O)O. The Bertz CT molecular complexity index is 359. The molecule has 6 heteroatoms. The molecule has 14 heavy (non-hydrogen) atoms. The molecule has 0 amide bonds. The van der Waals surface area contributed by atoms with Gasteiger partial charge in [0.1, 0.15) is 17.0 Å². The van der Waals surface area contributed by atoms with E-state index in [1.807, 2.05) is 0 Å². The van der Waals surface area contributed by atoms with Gasteiger partial charge in [0.2, 0.25) is 0 Å². The van der Waals surface area contributed by atoms with E-state index < -0.39 is 17.8 Å². The van der Waals surface area contributed by atoms with Gasteiger partial charge in [0.15, 0.2) is 0 Å². The van der Waals surface area contributed by atoms with Gasteiger partial charge in [-0.25, -0.2) is 9.37 Å². The van der Waals surface area contributed by atoms with Crippen molar-refractivity contribution in [3.63, 3.8) is 0 Å².